The summed E-state index contributed by atoms with van der Waals surface area (Å²) in [5, 5.41) is 0. The van der Waals surface area contributed by atoms with E-state index in [4.69, 9.17) is 4.98 Å². The number of hydrogen-bond acceptors (Lipinski definition) is 2. The lowest BCUT2D eigenvalue weighted by Crippen LogP contribution is -2.06. The Hall–Kier alpha value is -3.01. The molecule has 4 rings (SSSR count). The highest BCUT2D eigenvalue weighted by Crippen LogP contribution is 2.18. The molecule has 0 unspecified atom stereocenters. The lowest BCUT2D eigenvalue weighted by molar-refractivity contribution is 0.626. The van der Waals surface area contributed by atoms with Gasteiger partial charge in [0.15, 0.2) is 5.65 Å². The van der Waals surface area contributed by atoms with Gasteiger partial charge in [0.05, 0.1) is 6.54 Å². The predicted octanol–water partition coefficient (Wildman–Crippen LogP) is 4.21. The number of nitrogens with zero attached hydrogens (tertiary/aromatic N) is 3. The first-order valence-corrected chi connectivity index (χ1v) is 7.88. The predicted molar refractivity (Wildman–Crippen MR) is 92.3 cm³/mol. The summed E-state index contributed by atoms with van der Waals surface area (Å²) in [6.07, 6.45) is 2.51. The molecule has 0 aliphatic carbocycles. The summed E-state index contributed by atoms with van der Waals surface area (Å²) in [4.78, 5) is 9.23. The Bertz CT molecular complexity index is 959. The minimum absolute atomic E-state index is 0.225. The van der Waals surface area contributed by atoms with Gasteiger partial charge in [-0.2, -0.15) is 0 Å². The summed E-state index contributed by atoms with van der Waals surface area (Å²) < 4.78 is 15.3. The largest absolute Gasteiger partial charge is 0.308 e. The number of pyridine rings is 1. The first-order chi connectivity index (χ1) is 11.8. The zero-order valence-corrected chi connectivity index (χ0v) is 13.1. The van der Waals surface area contributed by atoms with E-state index in [1.54, 1.807) is 18.3 Å². The molecule has 2 aromatic carbocycles. The molecule has 3 nitrogen and oxygen atoms in total. The molecule has 4 aromatic rings. The van der Waals surface area contributed by atoms with Crippen LogP contribution in [0.5, 0.6) is 0 Å². The summed E-state index contributed by atoms with van der Waals surface area (Å²) in [5.74, 6) is 0.732. The van der Waals surface area contributed by atoms with Crippen molar-refractivity contribution in [1.82, 2.24) is 14.5 Å². The number of rotatable bonds is 4. The number of hydrogen-bond donors (Lipinski definition) is 0. The van der Waals surface area contributed by atoms with Crippen LogP contribution in [0.3, 0.4) is 0 Å². The van der Waals surface area contributed by atoms with E-state index >= 15 is 0 Å². The lowest BCUT2D eigenvalue weighted by Gasteiger charge is -2.09. The normalized spacial score (nSPS) is 11.0. The van der Waals surface area contributed by atoms with E-state index in [2.05, 4.69) is 21.7 Å². The van der Waals surface area contributed by atoms with Crippen molar-refractivity contribution in [3.8, 4) is 0 Å². The Morgan fingerprint density at radius 1 is 0.833 bits per heavy atom. The minimum Gasteiger partial charge on any atom is -0.308 e. The van der Waals surface area contributed by atoms with Gasteiger partial charge in [0.1, 0.15) is 17.2 Å². The molecule has 2 aromatic heterocycles. The first-order valence-electron chi connectivity index (χ1n) is 7.88. The van der Waals surface area contributed by atoms with E-state index in [1.807, 2.05) is 30.3 Å². The molecule has 118 valence electrons. The molecule has 2 heterocycles. The maximum absolute atomic E-state index is 13.2. The van der Waals surface area contributed by atoms with Crippen LogP contribution in [0.4, 0.5) is 4.39 Å². The fraction of sp³-hybridized carbons (Fsp3) is 0.100. The van der Waals surface area contributed by atoms with Crippen molar-refractivity contribution in [3.63, 3.8) is 0 Å². The Kier molecular flexibility index (Phi) is 3.79. The number of benzene rings is 2. The van der Waals surface area contributed by atoms with Crippen LogP contribution in [0.2, 0.25) is 0 Å². The van der Waals surface area contributed by atoms with Crippen LogP contribution in [-0.4, -0.2) is 14.5 Å². The molecular formula is C20H16FN3. The maximum atomic E-state index is 13.2. The van der Waals surface area contributed by atoms with Gasteiger partial charge in [0, 0.05) is 12.6 Å². The third-order valence-corrected chi connectivity index (χ3v) is 4.04. The SMILES string of the molecule is Fc1ccc(Cn2c(Cc3ccccc3)nc3cccnc32)cc1. The molecule has 0 bridgehead atoms. The monoisotopic (exact) mass is 317 g/mol. The summed E-state index contributed by atoms with van der Waals surface area (Å²) >= 11 is 0. The Balaban J connectivity index is 1.76. The van der Waals surface area contributed by atoms with Gasteiger partial charge < -0.3 is 4.57 Å². The topological polar surface area (TPSA) is 30.7 Å². The smallest absolute Gasteiger partial charge is 0.160 e. The number of aromatic nitrogens is 3. The molecule has 0 atom stereocenters. The van der Waals surface area contributed by atoms with Gasteiger partial charge in [-0.1, -0.05) is 42.5 Å². The van der Waals surface area contributed by atoms with Crippen LogP contribution < -0.4 is 0 Å². The molecule has 0 radical (unpaired) electrons. The molecule has 0 aliphatic rings. The number of halogens is 1. The highest BCUT2D eigenvalue weighted by molar-refractivity contribution is 5.71. The van der Waals surface area contributed by atoms with Crippen LogP contribution in [0.15, 0.2) is 72.9 Å². The molecule has 0 saturated heterocycles. The Morgan fingerprint density at radius 2 is 1.62 bits per heavy atom. The van der Waals surface area contributed by atoms with Crippen molar-refractivity contribution in [2.24, 2.45) is 0 Å². The molecule has 0 saturated carbocycles. The van der Waals surface area contributed by atoms with Crippen molar-refractivity contribution in [2.45, 2.75) is 13.0 Å². The number of fused-ring (bicyclic) bond motifs is 1. The average Bonchev–Trinajstić information content (AvgIpc) is 2.95. The summed E-state index contributed by atoms with van der Waals surface area (Å²) in [6.45, 7) is 0.621. The van der Waals surface area contributed by atoms with Gasteiger partial charge in [0.25, 0.3) is 0 Å². The lowest BCUT2D eigenvalue weighted by atomic mass is 10.1. The molecule has 0 fully saturated rings. The molecular weight excluding hydrogens is 301 g/mol. The summed E-state index contributed by atoms with van der Waals surface area (Å²) in [6, 6.07) is 20.7. The van der Waals surface area contributed by atoms with Crippen LogP contribution in [0, 0.1) is 5.82 Å². The fourth-order valence-electron chi connectivity index (χ4n) is 2.86. The summed E-state index contributed by atoms with van der Waals surface area (Å²) in [5.41, 5.74) is 3.96. The van der Waals surface area contributed by atoms with Crippen LogP contribution >= 0.6 is 0 Å². The standard InChI is InChI=1S/C20H16FN3/c21-17-10-8-16(9-11-17)14-24-19(13-15-5-2-1-3-6-15)23-18-7-4-12-22-20(18)24/h1-12H,13-14H2. The van der Waals surface area contributed by atoms with Crippen LogP contribution in [0.25, 0.3) is 11.2 Å². The Labute approximate surface area is 139 Å². The van der Waals surface area contributed by atoms with Gasteiger partial charge in [-0.3, -0.25) is 0 Å². The zero-order chi connectivity index (χ0) is 16.4. The van der Waals surface area contributed by atoms with Crippen molar-refractivity contribution in [1.29, 1.82) is 0 Å². The first kappa shape index (κ1) is 14.6. The zero-order valence-electron chi connectivity index (χ0n) is 13.1. The molecule has 4 heteroatoms. The van der Waals surface area contributed by atoms with Gasteiger partial charge in [-0.05, 0) is 35.4 Å². The highest BCUT2D eigenvalue weighted by atomic mass is 19.1. The summed E-state index contributed by atoms with van der Waals surface area (Å²) in [7, 11) is 0. The van der Waals surface area contributed by atoms with Crippen molar-refractivity contribution < 1.29 is 4.39 Å². The third kappa shape index (κ3) is 2.91. The second-order valence-corrected chi connectivity index (χ2v) is 5.75. The maximum Gasteiger partial charge on any atom is 0.160 e. The third-order valence-electron chi connectivity index (χ3n) is 4.04. The second-order valence-electron chi connectivity index (χ2n) is 5.75. The fourth-order valence-corrected chi connectivity index (χ4v) is 2.86. The second kappa shape index (κ2) is 6.24. The van der Waals surface area contributed by atoms with Gasteiger partial charge in [-0.25, -0.2) is 14.4 Å². The van der Waals surface area contributed by atoms with E-state index in [0.29, 0.717) is 6.54 Å². The number of imidazole rings is 1. The molecule has 0 N–H and O–H groups in total. The Morgan fingerprint density at radius 3 is 2.42 bits per heavy atom. The van der Waals surface area contributed by atoms with Gasteiger partial charge in [-0.15, -0.1) is 0 Å². The quantitative estimate of drug-likeness (QED) is 0.564. The average molecular weight is 317 g/mol. The van der Waals surface area contributed by atoms with E-state index in [0.717, 1.165) is 29.0 Å². The van der Waals surface area contributed by atoms with Crippen LogP contribution in [-0.2, 0) is 13.0 Å². The highest BCUT2D eigenvalue weighted by Gasteiger charge is 2.12. The molecule has 24 heavy (non-hydrogen) atoms. The van der Waals surface area contributed by atoms with Gasteiger partial charge in [0.2, 0.25) is 0 Å². The van der Waals surface area contributed by atoms with E-state index in [-0.39, 0.29) is 5.82 Å². The van der Waals surface area contributed by atoms with E-state index in [9.17, 15) is 4.39 Å². The van der Waals surface area contributed by atoms with E-state index < -0.39 is 0 Å². The molecule has 0 spiro atoms. The molecule has 0 amide bonds. The van der Waals surface area contributed by atoms with E-state index in [1.165, 1.54) is 17.7 Å². The minimum atomic E-state index is -0.225. The van der Waals surface area contributed by atoms with Gasteiger partial charge >= 0.3 is 0 Å². The van der Waals surface area contributed by atoms with Crippen molar-refractivity contribution >= 4 is 11.2 Å². The van der Waals surface area contributed by atoms with Crippen molar-refractivity contribution in [2.75, 3.05) is 0 Å². The molecule has 0 aliphatic heterocycles. The van der Waals surface area contributed by atoms with Crippen molar-refractivity contribution in [3.05, 3.63) is 95.7 Å². The van der Waals surface area contributed by atoms with Crippen LogP contribution in [0.1, 0.15) is 17.0 Å².